The van der Waals surface area contributed by atoms with Crippen molar-refractivity contribution in [2.75, 3.05) is 6.61 Å². The molecule has 0 unspecified atom stereocenters. The van der Waals surface area contributed by atoms with E-state index in [4.69, 9.17) is 4.74 Å². The number of hydrogen-bond acceptors (Lipinski definition) is 4. The van der Waals surface area contributed by atoms with Crippen LogP contribution in [0.25, 0.3) is 0 Å². The molecule has 0 radical (unpaired) electrons. The summed E-state index contributed by atoms with van der Waals surface area (Å²) >= 11 is 0. The van der Waals surface area contributed by atoms with Crippen LogP contribution in [-0.4, -0.2) is 30.6 Å². The third kappa shape index (κ3) is 4.03. The van der Waals surface area contributed by atoms with Crippen LogP contribution < -0.4 is 4.72 Å². The van der Waals surface area contributed by atoms with Gasteiger partial charge in [-0.3, -0.25) is 0 Å². The first-order chi connectivity index (χ1) is 11.4. The number of imidazole rings is 1. The predicted molar refractivity (Wildman–Crippen MR) is 91.9 cm³/mol. The predicted octanol–water partition coefficient (Wildman–Crippen LogP) is 2.07. The van der Waals surface area contributed by atoms with Crippen molar-refractivity contribution in [1.82, 2.24) is 14.3 Å². The summed E-state index contributed by atoms with van der Waals surface area (Å²) in [5.74, 6) is 0.719. The van der Waals surface area contributed by atoms with Crippen LogP contribution in [0.15, 0.2) is 36.7 Å². The Morgan fingerprint density at radius 2 is 2.25 bits per heavy atom. The number of rotatable bonds is 5. The van der Waals surface area contributed by atoms with Gasteiger partial charge in [0.1, 0.15) is 11.9 Å². The molecule has 2 heterocycles. The molecule has 6 nitrogen and oxygen atoms in total. The molecular formula is C17H23N3O3S. The Bertz CT molecular complexity index is 801. The summed E-state index contributed by atoms with van der Waals surface area (Å²) < 4.78 is 35.7. The zero-order chi connectivity index (χ0) is 17.2. The minimum absolute atomic E-state index is 0.0293. The molecule has 1 aromatic heterocycles. The van der Waals surface area contributed by atoms with Gasteiger partial charge in [-0.2, -0.15) is 0 Å². The van der Waals surface area contributed by atoms with Crippen molar-refractivity contribution in [2.45, 2.75) is 37.7 Å². The molecule has 2 aromatic rings. The number of nitrogens with zero attached hydrogens (tertiary/aromatic N) is 2. The molecule has 1 aliphatic rings. The first-order valence-corrected chi connectivity index (χ1v) is 9.74. The highest BCUT2D eigenvalue weighted by molar-refractivity contribution is 7.88. The molecule has 1 aliphatic heterocycles. The molecule has 0 aliphatic carbocycles. The van der Waals surface area contributed by atoms with E-state index in [0.29, 0.717) is 6.61 Å². The van der Waals surface area contributed by atoms with Crippen LogP contribution in [0, 0.1) is 6.92 Å². The molecule has 130 valence electrons. The molecule has 0 amide bonds. The van der Waals surface area contributed by atoms with Gasteiger partial charge in [-0.15, -0.1) is 0 Å². The maximum Gasteiger partial charge on any atom is 0.216 e. The second-order valence-corrected chi connectivity index (χ2v) is 8.06. The monoisotopic (exact) mass is 349 g/mol. The second kappa shape index (κ2) is 7.04. The Morgan fingerprint density at radius 3 is 2.96 bits per heavy atom. The van der Waals surface area contributed by atoms with E-state index in [0.717, 1.165) is 29.8 Å². The van der Waals surface area contributed by atoms with Crippen LogP contribution in [0.3, 0.4) is 0 Å². The minimum atomic E-state index is -3.45. The van der Waals surface area contributed by atoms with Crippen LogP contribution in [0.1, 0.15) is 35.9 Å². The summed E-state index contributed by atoms with van der Waals surface area (Å²) in [6.07, 6.45) is 4.76. The Balaban J connectivity index is 1.76. The molecule has 7 heteroatoms. The van der Waals surface area contributed by atoms with Crippen LogP contribution in [-0.2, 0) is 27.6 Å². The first kappa shape index (κ1) is 17.1. The van der Waals surface area contributed by atoms with Crippen molar-refractivity contribution < 1.29 is 13.2 Å². The smallest absolute Gasteiger partial charge is 0.216 e. The number of hydrogen-bond donors (Lipinski definition) is 1. The first-order valence-electron chi connectivity index (χ1n) is 8.09. The van der Waals surface area contributed by atoms with Gasteiger partial charge in [-0.05, 0) is 25.3 Å². The largest absolute Gasteiger partial charge is 0.369 e. The normalized spacial score (nSPS) is 21.8. The quantitative estimate of drug-likeness (QED) is 0.897. The summed E-state index contributed by atoms with van der Waals surface area (Å²) in [6, 6.07) is 7.26. The highest BCUT2D eigenvalue weighted by atomic mass is 32.2. The summed E-state index contributed by atoms with van der Waals surface area (Å²) in [5, 5.41) is 0. The van der Waals surface area contributed by atoms with E-state index in [1.807, 2.05) is 49.0 Å². The van der Waals surface area contributed by atoms with Gasteiger partial charge in [-0.25, -0.2) is 18.1 Å². The molecule has 0 saturated carbocycles. The molecule has 0 bridgehead atoms. The Labute approximate surface area is 142 Å². The fraction of sp³-hybridized carbons (Fsp3) is 0.471. The lowest BCUT2D eigenvalue weighted by Gasteiger charge is -2.31. The van der Waals surface area contributed by atoms with Gasteiger partial charge in [0.25, 0.3) is 0 Å². The highest BCUT2D eigenvalue weighted by Crippen LogP contribution is 2.28. The lowest BCUT2D eigenvalue weighted by Crippen LogP contribution is -2.43. The van der Waals surface area contributed by atoms with Crippen LogP contribution in [0.5, 0.6) is 0 Å². The van der Waals surface area contributed by atoms with E-state index >= 15 is 0 Å². The average Bonchev–Trinajstić information content (AvgIpc) is 2.93. The Kier molecular flexibility index (Phi) is 5.03. The van der Waals surface area contributed by atoms with Crippen molar-refractivity contribution in [3.05, 3.63) is 53.6 Å². The summed E-state index contributed by atoms with van der Waals surface area (Å²) in [5.41, 5.74) is 1.84. The Morgan fingerprint density at radius 1 is 1.42 bits per heavy atom. The lowest BCUT2D eigenvalue weighted by molar-refractivity contribution is -0.0112. The maximum absolute atomic E-state index is 12.6. The van der Waals surface area contributed by atoms with Crippen molar-refractivity contribution in [2.24, 2.45) is 7.05 Å². The summed E-state index contributed by atoms with van der Waals surface area (Å²) in [6.45, 7) is 2.57. The number of nitrogens with one attached hydrogen (secondary N) is 1. The number of aryl methyl sites for hydroxylation is 2. The van der Waals surface area contributed by atoms with Crippen LogP contribution in [0.4, 0.5) is 0 Å². The zero-order valence-corrected chi connectivity index (χ0v) is 14.8. The van der Waals surface area contributed by atoms with E-state index in [-0.39, 0.29) is 17.9 Å². The fourth-order valence-electron chi connectivity index (χ4n) is 3.10. The van der Waals surface area contributed by atoms with Crippen molar-refractivity contribution in [3.63, 3.8) is 0 Å². The molecule has 2 atom stereocenters. The zero-order valence-electron chi connectivity index (χ0n) is 14.0. The van der Waals surface area contributed by atoms with Crippen LogP contribution >= 0.6 is 0 Å². The van der Waals surface area contributed by atoms with E-state index < -0.39 is 10.0 Å². The van der Waals surface area contributed by atoms with Crippen molar-refractivity contribution >= 4 is 10.0 Å². The van der Waals surface area contributed by atoms with Gasteiger partial charge in [0.15, 0.2) is 0 Å². The molecule has 1 fully saturated rings. The number of ether oxygens (including phenoxy) is 1. The number of aromatic nitrogens is 2. The van der Waals surface area contributed by atoms with Gasteiger partial charge in [0.05, 0.1) is 11.8 Å². The standard InChI is InChI=1S/C17H23N3O3S/c1-13-5-3-6-14(11-13)12-24(21,22)19-15-7-4-10-23-16(15)17-18-8-9-20(17)2/h3,5-6,8-9,11,15-16,19H,4,7,10,12H2,1-2H3/t15-,16-/m1/s1. The van der Waals surface area contributed by atoms with Gasteiger partial charge >= 0.3 is 0 Å². The van der Waals surface area contributed by atoms with Crippen LogP contribution in [0.2, 0.25) is 0 Å². The van der Waals surface area contributed by atoms with Crippen molar-refractivity contribution in [3.8, 4) is 0 Å². The van der Waals surface area contributed by atoms with E-state index in [2.05, 4.69) is 9.71 Å². The SMILES string of the molecule is Cc1cccc(CS(=O)(=O)N[C@@H]2CCCO[C@H]2c2nccn2C)c1. The molecule has 1 saturated heterocycles. The molecule has 24 heavy (non-hydrogen) atoms. The Hall–Kier alpha value is -1.70. The van der Waals surface area contributed by atoms with Gasteiger partial charge < -0.3 is 9.30 Å². The second-order valence-electron chi connectivity index (χ2n) is 6.30. The highest BCUT2D eigenvalue weighted by Gasteiger charge is 2.33. The molecule has 1 N–H and O–H groups in total. The van der Waals surface area contributed by atoms with Gasteiger partial charge in [0, 0.05) is 26.0 Å². The molecule has 1 aromatic carbocycles. The summed E-state index contributed by atoms with van der Waals surface area (Å²) in [7, 11) is -1.57. The topological polar surface area (TPSA) is 73.2 Å². The van der Waals surface area contributed by atoms with Crippen molar-refractivity contribution in [1.29, 1.82) is 0 Å². The molecule has 3 rings (SSSR count). The molecule has 0 spiro atoms. The number of sulfonamides is 1. The average molecular weight is 349 g/mol. The van der Waals surface area contributed by atoms with E-state index in [1.54, 1.807) is 6.20 Å². The van der Waals surface area contributed by atoms with E-state index in [9.17, 15) is 8.42 Å². The molecular weight excluding hydrogens is 326 g/mol. The van der Waals surface area contributed by atoms with E-state index in [1.165, 1.54) is 0 Å². The summed E-state index contributed by atoms with van der Waals surface area (Å²) in [4.78, 5) is 4.32. The van der Waals surface area contributed by atoms with Gasteiger partial charge in [-0.1, -0.05) is 29.8 Å². The van der Waals surface area contributed by atoms with Gasteiger partial charge in [0.2, 0.25) is 10.0 Å². The lowest BCUT2D eigenvalue weighted by atomic mass is 10.0. The maximum atomic E-state index is 12.6. The third-order valence-electron chi connectivity index (χ3n) is 4.21. The number of benzene rings is 1. The third-order valence-corrected chi connectivity index (χ3v) is 5.58. The fourth-order valence-corrected chi connectivity index (χ4v) is 4.51. The minimum Gasteiger partial charge on any atom is -0.369 e.